The first-order chi connectivity index (χ1) is 7.34. The van der Waals surface area contributed by atoms with Crippen molar-refractivity contribution in [1.29, 1.82) is 0 Å². The lowest BCUT2D eigenvalue weighted by Gasteiger charge is -2.03. The van der Waals surface area contributed by atoms with Crippen molar-refractivity contribution < 1.29 is 4.42 Å². The van der Waals surface area contributed by atoms with Crippen LogP contribution in [0.2, 0.25) is 0 Å². The Labute approximate surface area is 88.9 Å². The molecule has 3 N–H and O–H groups in total. The van der Waals surface area contributed by atoms with E-state index in [1.165, 1.54) is 5.56 Å². The molecular weight excluding hydrogens is 188 g/mol. The third-order valence-electron chi connectivity index (χ3n) is 2.19. The Hall–Kier alpha value is -1.74. The van der Waals surface area contributed by atoms with Crippen molar-refractivity contribution in [3.05, 3.63) is 54.0 Å². The summed E-state index contributed by atoms with van der Waals surface area (Å²) in [4.78, 5) is 0. The summed E-state index contributed by atoms with van der Waals surface area (Å²) < 4.78 is 4.98. The molecule has 3 nitrogen and oxygen atoms in total. The normalized spacial score (nSPS) is 10.4. The molecule has 0 spiro atoms. The van der Waals surface area contributed by atoms with Crippen LogP contribution >= 0.6 is 0 Å². The second-order valence-electron chi connectivity index (χ2n) is 3.48. The predicted octanol–water partition coefficient (Wildman–Crippen LogP) is 2.15. The molecule has 78 valence electrons. The molecule has 1 aromatic carbocycles. The van der Waals surface area contributed by atoms with E-state index in [0.717, 1.165) is 24.3 Å². The molecule has 0 saturated carbocycles. The van der Waals surface area contributed by atoms with Gasteiger partial charge in [0.25, 0.3) is 0 Å². The van der Waals surface area contributed by atoms with Crippen LogP contribution in [0.5, 0.6) is 0 Å². The van der Waals surface area contributed by atoms with Gasteiger partial charge in [0, 0.05) is 24.3 Å². The van der Waals surface area contributed by atoms with Gasteiger partial charge in [-0.3, -0.25) is 0 Å². The molecule has 15 heavy (non-hydrogen) atoms. The highest BCUT2D eigenvalue weighted by Gasteiger charge is 1.95. The molecule has 0 fully saturated rings. The van der Waals surface area contributed by atoms with E-state index in [9.17, 15) is 0 Å². The van der Waals surface area contributed by atoms with Crippen LogP contribution in [0.4, 0.5) is 5.69 Å². The molecular formula is C12H14N2O. The monoisotopic (exact) mass is 202 g/mol. The number of furan rings is 1. The van der Waals surface area contributed by atoms with Crippen molar-refractivity contribution in [1.82, 2.24) is 5.32 Å². The van der Waals surface area contributed by atoms with E-state index in [-0.39, 0.29) is 0 Å². The van der Waals surface area contributed by atoms with Gasteiger partial charge >= 0.3 is 0 Å². The maximum Gasteiger partial charge on any atom is 0.0947 e. The average Bonchev–Trinajstić information content (AvgIpc) is 2.71. The van der Waals surface area contributed by atoms with Gasteiger partial charge in [0.2, 0.25) is 0 Å². The Balaban J connectivity index is 1.83. The summed E-state index contributed by atoms with van der Waals surface area (Å²) in [6.07, 6.45) is 3.42. The maximum absolute atomic E-state index is 5.68. The lowest BCUT2D eigenvalue weighted by Crippen LogP contribution is -2.12. The second-order valence-corrected chi connectivity index (χ2v) is 3.48. The number of anilines is 1. The lowest BCUT2D eigenvalue weighted by molar-refractivity contribution is 0.560. The predicted molar refractivity (Wildman–Crippen MR) is 60.1 cm³/mol. The highest BCUT2D eigenvalue weighted by atomic mass is 16.3. The van der Waals surface area contributed by atoms with Crippen LogP contribution in [0.15, 0.2) is 47.3 Å². The van der Waals surface area contributed by atoms with Crippen molar-refractivity contribution in [2.24, 2.45) is 0 Å². The summed E-state index contributed by atoms with van der Waals surface area (Å²) in [6.45, 7) is 1.63. The molecule has 2 rings (SSSR count). The minimum absolute atomic E-state index is 0.803. The van der Waals surface area contributed by atoms with Crippen molar-refractivity contribution in [2.45, 2.75) is 13.1 Å². The molecule has 2 aromatic rings. The summed E-state index contributed by atoms with van der Waals surface area (Å²) in [5, 5.41) is 3.32. The number of nitrogens with two attached hydrogens (primary N) is 1. The molecule has 1 heterocycles. The molecule has 3 heteroatoms. The summed E-state index contributed by atoms with van der Waals surface area (Å²) in [6, 6.07) is 9.83. The number of nitrogens with one attached hydrogen (secondary N) is 1. The zero-order valence-electron chi connectivity index (χ0n) is 8.44. The third-order valence-corrected chi connectivity index (χ3v) is 2.19. The SMILES string of the molecule is Nc1cccc(CNCc2ccoc2)c1. The number of rotatable bonds is 4. The number of nitrogen functional groups attached to an aromatic ring is 1. The Bertz CT molecular complexity index is 409. The minimum atomic E-state index is 0.803. The molecule has 0 saturated heterocycles. The molecule has 0 unspecified atom stereocenters. The molecule has 0 atom stereocenters. The number of hydrogen-bond donors (Lipinski definition) is 2. The molecule has 1 aromatic heterocycles. The standard InChI is InChI=1S/C12H14N2O/c13-12-3-1-2-10(6-12)7-14-8-11-4-5-15-9-11/h1-6,9,14H,7-8,13H2. The highest BCUT2D eigenvalue weighted by molar-refractivity contribution is 5.40. The van der Waals surface area contributed by atoms with Crippen molar-refractivity contribution in [3.8, 4) is 0 Å². The van der Waals surface area contributed by atoms with E-state index in [4.69, 9.17) is 10.2 Å². The number of hydrogen-bond acceptors (Lipinski definition) is 3. The van der Waals surface area contributed by atoms with Crippen LogP contribution < -0.4 is 11.1 Å². The van der Waals surface area contributed by atoms with Crippen LogP contribution in [0.3, 0.4) is 0 Å². The van der Waals surface area contributed by atoms with Gasteiger partial charge in [0.05, 0.1) is 12.5 Å². The highest BCUT2D eigenvalue weighted by Crippen LogP contribution is 2.06. The first-order valence-electron chi connectivity index (χ1n) is 4.91. The zero-order valence-corrected chi connectivity index (χ0v) is 8.44. The Morgan fingerprint density at radius 3 is 2.73 bits per heavy atom. The van der Waals surface area contributed by atoms with Gasteiger partial charge in [0.15, 0.2) is 0 Å². The fourth-order valence-corrected chi connectivity index (χ4v) is 1.45. The molecule has 0 aliphatic carbocycles. The summed E-state index contributed by atoms with van der Waals surface area (Å²) in [5.41, 5.74) is 8.83. The molecule has 0 radical (unpaired) electrons. The van der Waals surface area contributed by atoms with Crippen LogP contribution in [-0.2, 0) is 13.1 Å². The summed E-state index contributed by atoms with van der Waals surface area (Å²) in [7, 11) is 0. The van der Waals surface area contributed by atoms with E-state index < -0.39 is 0 Å². The van der Waals surface area contributed by atoms with E-state index in [2.05, 4.69) is 11.4 Å². The van der Waals surface area contributed by atoms with Gasteiger partial charge in [-0.1, -0.05) is 12.1 Å². The van der Waals surface area contributed by atoms with E-state index in [1.807, 2.05) is 24.3 Å². The van der Waals surface area contributed by atoms with E-state index in [0.29, 0.717) is 0 Å². The van der Waals surface area contributed by atoms with Crippen LogP contribution in [0, 0.1) is 0 Å². The Kier molecular flexibility index (Phi) is 3.05. The van der Waals surface area contributed by atoms with Crippen LogP contribution in [-0.4, -0.2) is 0 Å². The summed E-state index contributed by atoms with van der Waals surface area (Å²) >= 11 is 0. The second kappa shape index (κ2) is 4.66. The van der Waals surface area contributed by atoms with Gasteiger partial charge in [-0.25, -0.2) is 0 Å². The molecule has 0 bridgehead atoms. The van der Waals surface area contributed by atoms with Gasteiger partial charge in [-0.15, -0.1) is 0 Å². The van der Waals surface area contributed by atoms with Crippen molar-refractivity contribution in [3.63, 3.8) is 0 Å². The van der Waals surface area contributed by atoms with Crippen LogP contribution in [0.1, 0.15) is 11.1 Å². The molecule has 0 amide bonds. The van der Waals surface area contributed by atoms with E-state index in [1.54, 1.807) is 12.5 Å². The molecule has 0 aliphatic rings. The smallest absolute Gasteiger partial charge is 0.0947 e. The van der Waals surface area contributed by atoms with Crippen molar-refractivity contribution >= 4 is 5.69 Å². The van der Waals surface area contributed by atoms with Gasteiger partial charge in [-0.2, -0.15) is 0 Å². The fraction of sp³-hybridized carbons (Fsp3) is 0.167. The van der Waals surface area contributed by atoms with E-state index >= 15 is 0 Å². The average molecular weight is 202 g/mol. The topological polar surface area (TPSA) is 51.2 Å². The fourth-order valence-electron chi connectivity index (χ4n) is 1.45. The summed E-state index contributed by atoms with van der Waals surface area (Å²) in [5.74, 6) is 0. The molecule has 0 aliphatic heterocycles. The first-order valence-corrected chi connectivity index (χ1v) is 4.91. The largest absolute Gasteiger partial charge is 0.472 e. The lowest BCUT2D eigenvalue weighted by atomic mass is 10.2. The quantitative estimate of drug-likeness (QED) is 0.747. The van der Waals surface area contributed by atoms with Gasteiger partial charge < -0.3 is 15.5 Å². The number of benzene rings is 1. The zero-order chi connectivity index (χ0) is 10.5. The minimum Gasteiger partial charge on any atom is -0.472 e. The van der Waals surface area contributed by atoms with Gasteiger partial charge in [-0.05, 0) is 23.8 Å². The van der Waals surface area contributed by atoms with Gasteiger partial charge in [0.1, 0.15) is 0 Å². The first kappa shape index (κ1) is 9.80. The third kappa shape index (κ3) is 2.86. The Morgan fingerprint density at radius 1 is 1.13 bits per heavy atom. The van der Waals surface area contributed by atoms with Crippen molar-refractivity contribution in [2.75, 3.05) is 5.73 Å². The maximum atomic E-state index is 5.68. The van der Waals surface area contributed by atoms with Crippen LogP contribution in [0.25, 0.3) is 0 Å². The Morgan fingerprint density at radius 2 is 2.00 bits per heavy atom.